The molecule has 9 heteroatoms. The number of hydrogen-bond donors (Lipinski definition) is 1. The van der Waals surface area contributed by atoms with Crippen LogP contribution in [0.1, 0.15) is 5.56 Å². The van der Waals surface area contributed by atoms with Crippen LogP contribution in [0, 0.1) is 11.6 Å². The van der Waals surface area contributed by atoms with Crippen LogP contribution in [0.25, 0.3) is 0 Å². The van der Waals surface area contributed by atoms with E-state index in [1.807, 2.05) is 4.90 Å². The zero-order chi connectivity index (χ0) is 19.6. The molecule has 4 nitrogen and oxygen atoms in total. The van der Waals surface area contributed by atoms with Crippen LogP contribution in [0.5, 0.6) is 0 Å². The average molecular weight is 385 g/mol. The Morgan fingerprint density at radius 2 is 1.52 bits per heavy atom. The number of anilines is 2. The number of hydrogen-bond acceptors (Lipinski definition) is 2. The van der Waals surface area contributed by atoms with E-state index in [-0.39, 0.29) is 5.69 Å². The minimum atomic E-state index is -4.38. The van der Waals surface area contributed by atoms with Gasteiger partial charge in [0.1, 0.15) is 0 Å². The van der Waals surface area contributed by atoms with E-state index in [0.717, 1.165) is 24.3 Å². The molecule has 2 amide bonds. The predicted octanol–water partition coefficient (Wildman–Crippen LogP) is 4.34. The molecule has 1 fully saturated rings. The highest BCUT2D eigenvalue weighted by molar-refractivity contribution is 5.89. The zero-order valence-corrected chi connectivity index (χ0v) is 14.1. The van der Waals surface area contributed by atoms with Crippen LogP contribution in [-0.4, -0.2) is 37.1 Å². The van der Waals surface area contributed by atoms with E-state index < -0.39 is 29.4 Å². The summed E-state index contributed by atoms with van der Waals surface area (Å²) in [5.74, 6) is -2.06. The Morgan fingerprint density at radius 3 is 2.07 bits per heavy atom. The number of nitrogens with one attached hydrogen (secondary N) is 1. The lowest BCUT2D eigenvalue weighted by molar-refractivity contribution is -0.137. The van der Waals surface area contributed by atoms with Crippen LogP contribution in [0.3, 0.4) is 0 Å². The molecule has 0 unspecified atom stereocenters. The summed E-state index contributed by atoms with van der Waals surface area (Å²) in [7, 11) is 0. The van der Waals surface area contributed by atoms with Crippen LogP contribution in [-0.2, 0) is 6.18 Å². The van der Waals surface area contributed by atoms with Crippen LogP contribution in [0.2, 0.25) is 0 Å². The molecule has 1 aliphatic heterocycles. The largest absolute Gasteiger partial charge is 0.416 e. The van der Waals surface area contributed by atoms with Crippen LogP contribution < -0.4 is 10.2 Å². The van der Waals surface area contributed by atoms with Gasteiger partial charge in [-0.15, -0.1) is 0 Å². The van der Waals surface area contributed by atoms with Gasteiger partial charge < -0.3 is 15.1 Å². The molecule has 0 aromatic heterocycles. The minimum absolute atomic E-state index is 0.143. The molecule has 2 aromatic rings. The van der Waals surface area contributed by atoms with Crippen molar-refractivity contribution in [1.82, 2.24) is 4.90 Å². The molecule has 1 heterocycles. The first kappa shape index (κ1) is 18.9. The topological polar surface area (TPSA) is 35.6 Å². The summed E-state index contributed by atoms with van der Waals surface area (Å²) in [5.41, 5.74) is 0.0727. The van der Waals surface area contributed by atoms with Crippen molar-refractivity contribution in [3.05, 3.63) is 59.7 Å². The maximum atomic E-state index is 13.2. The molecule has 144 valence electrons. The molecule has 0 atom stereocenters. The normalized spacial score (nSPS) is 15.0. The molecular formula is C18H16F5N3O. The van der Waals surface area contributed by atoms with Gasteiger partial charge in [-0.05, 0) is 36.4 Å². The second-order valence-electron chi connectivity index (χ2n) is 6.08. The molecule has 1 saturated heterocycles. The van der Waals surface area contributed by atoms with Gasteiger partial charge in [-0.3, -0.25) is 0 Å². The molecule has 2 aromatic carbocycles. The second-order valence-corrected chi connectivity index (χ2v) is 6.08. The van der Waals surface area contributed by atoms with Gasteiger partial charge in [0.05, 0.1) is 5.56 Å². The fourth-order valence-electron chi connectivity index (χ4n) is 2.81. The average Bonchev–Trinajstić information content (AvgIpc) is 2.64. The third kappa shape index (κ3) is 4.47. The van der Waals surface area contributed by atoms with Gasteiger partial charge in [0.2, 0.25) is 0 Å². The van der Waals surface area contributed by atoms with E-state index in [0.29, 0.717) is 31.9 Å². The van der Waals surface area contributed by atoms with E-state index in [2.05, 4.69) is 5.32 Å². The Balaban J connectivity index is 1.56. The number of halogens is 5. The van der Waals surface area contributed by atoms with Gasteiger partial charge in [0.25, 0.3) is 0 Å². The number of carbonyl (C=O) groups is 1. The molecule has 0 saturated carbocycles. The molecule has 3 rings (SSSR count). The quantitative estimate of drug-likeness (QED) is 0.781. The van der Waals surface area contributed by atoms with Crippen molar-refractivity contribution in [2.75, 3.05) is 36.4 Å². The van der Waals surface area contributed by atoms with Gasteiger partial charge in [-0.2, -0.15) is 13.2 Å². The summed E-state index contributed by atoms with van der Waals surface area (Å²) < 4.78 is 64.0. The van der Waals surface area contributed by atoms with Crippen molar-refractivity contribution in [2.24, 2.45) is 0 Å². The summed E-state index contributed by atoms with van der Waals surface area (Å²) in [6.07, 6.45) is -4.38. The van der Waals surface area contributed by atoms with Crippen molar-refractivity contribution in [3.63, 3.8) is 0 Å². The maximum Gasteiger partial charge on any atom is 0.416 e. The van der Waals surface area contributed by atoms with Crippen molar-refractivity contribution in [3.8, 4) is 0 Å². The first-order valence-corrected chi connectivity index (χ1v) is 8.17. The highest BCUT2D eigenvalue weighted by atomic mass is 19.4. The van der Waals surface area contributed by atoms with E-state index in [1.165, 1.54) is 23.1 Å². The molecule has 0 aliphatic carbocycles. The third-order valence-electron chi connectivity index (χ3n) is 4.30. The van der Waals surface area contributed by atoms with Crippen LogP contribution >= 0.6 is 0 Å². The zero-order valence-electron chi connectivity index (χ0n) is 14.1. The van der Waals surface area contributed by atoms with E-state index in [1.54, 1.807) is 0 Å². The smallest absolute Gasteiger partial charge is 0.368 e. The van der Waals surface area contributed by atoms with Gasteiger partial charge in [-0.1, -0.05) is 0 Å². The molecule has 0 radical (unpaired) electrons. The maximum absolute atomic E-state index is 13.2. The molecule has 1 aliphatic rings. The molecule has 27 heavy (non-hydrogen) atoms. The Kier molecular flexibility index (Phi) is 5.20. The standard InChI is InChI=1S/C18H16F5N3O/c19-15-6-3-13(11-16(15)20)24-17(27)26-9-7-25(8-10-26)14-4-1-12(2-5-14)18(21,22)23/h1-6,11H,7-10H2,(H,24,27). The second kappa shape index (κ2) is 7.42. The SMILES string of the molecule is O=C(Nc1ccc(F)c(F)c1)N1CCN(c2ccc(C(F)(F)F)cc2)CC1. The van der Waals surface area contributed by atoms with E-state index in [4.69, 9.17) is 0 Å². The highest BCUT2D eigenvalue weighted by Gasteiger charge is 2.30. The summed E-state index contributed by atoms with van der Waals surface area (Å²) in [6, 6.07) is 7.48. The third-order valence-corrected chi connectivity index (χ3v) is 4.30. The highest BCUT2D eigenvalue weighted by Crippen LogP contribution is 2.30. The first-order chi connectivity index (χ1) is 12.7. The Bertz CT molecular complexity index is 815. The predicted molar refractivity (Wildman–Crippen MR) is 90.6 cm³/mol. The molecule has 1 N–H and O–H groups in total. The number of rotatable bonds is 2. The van der Waals surface area contributed by atoms with E-state index >= 15 is 0 Å². The van der Waals surface area contributed by atoms with Gasteiger partial charge in [-0.25, -0.2) is 13.6 Å². The van der Waals surface area contributed by atoms with Crippen molar-refractivity contribution in [2.45, 2.75) is 6.18 Å². The minimum Gasteiger partial charge on any atom is -0.368 e. The van der Waals surface area contributed by atoms with Crippen molar-refractivity contribution >= 4 is 17.4 Å². The number of piperazine rings is 1. The number of benzene rings is 2. The Labute approximate surface area is 152 Å². The van der Waals surface area contributed by atoms with Gasteiger partial charge in [0.15, 0.2) is 11.6 Å². The number of amides is 2. The van der Waals surface area contributed by atoms with Crippen molar-refractivity contribution < 1.29 is 26.7 Å². The molecule has 0 bridgehead atoms. The van der Waals surface area contributed by atoms with Gasteiger partial charge in [0, 0.05) is 43.6 Å². The van der Waals surface area contributed by atoms with Crippen LogP contribution in [0.15, 0.2) is 42.5 Å². The lowest BCUT2D eigenvalue weighted by Gasteiger charge is -2.36. The number of alkyl halides is 3. The first-order valence-electron chi connectivity index (χ1n) is 8.17. The summed E-state index contributed by atoms with van der Waals surface area (Å²) in [5, 5.41) is 2.50. The monoisotopic (exact) mass is 385 g/mol. The van der Waals surface area contributed by atoms with Crippen LogP contribution in [0.4, 0.5) is 38.1 Å². The van der Waals surface area contributed by atoms with E-state index in [9.17, 15) is 26.7 Å². The molecular weight excluding hydrogens is 369 g/mol. The summed E-state index contributed by atoms with van der Waals surface area (Å²) >= 11 is 0. The fraction of sp³-hybridized carbons (Fsp3) is 0.278. The fourth-order valence-corrected chi connectivity index (χ4v) is 2.81. The summed E-state index contributed by atoms with van der Waals surface area (Å²) in [4.78, 5) is 15.6. The molecule has 0 spiro atoms. The lowest BCUT2D eigenvalue weighted by atomic mass is 10.1. The summed E-state index contributed by atoms with van der Waals surface area (Å²) in [6.45, 7) is 1.57. The Morgan fingerprint density at radius 1 is 0.889 bits per heavy atom. The number of urea groups is 1. The lowest BCUT2D eigenvalue weighted by Crippen LogP contribution is -2.50. The Hall–Kier alpha value is -2.84. The number of nitrogens with zero attached hydrogens (tertiary/aromatic N) is 2. The van der Waals surface area contributed by atoms with Crippen molar-refractivity contribution in [1.29, 1.82) is 0 Å². The number of carbonyl (C=O) groups excluding carboxylic acids is 1. The van der Waals surface area contributed by atoms with Gasteiger partial charge >= 0.3 is 12.2 Å².